The maximum Gasteiger partial charge on any atom is 0.0346 e. The second-order valence-corrected chi connectivity index (χ2v) is 4.82. The second-order valence-electron chi connectivity index (χ2n) is 4.37. The average molecular weight is 235 g/mol. The van der Waals surface area contributed by atoms with Gasteiger partial charge >= 0.3 is 0 Å². The molecule has 1 nitrogen and oxygen atoms in total. The highest BCUT2D eigenvalue weighted by Gasteiger charge is 2.14. The molecule has 1 atom stereocenters. The topological polar surface area (TPSA) is 23.9 Å². The Morgan fingerprint density at radius 1 is 1.62 bits per heavy atom. The molecule has 0 amide bonds. The Kier molecular flexibility index (Phi) is 5.61. The molecular formula is C14H21NS. The van der Waals surface area contributed by atoms with E-state index >= 15 is 0 Å². The molecule has 0 aromatic heterocycles. The first-order chi connectivity index (χ1) is 7.65. The lowest BCUT2D eigenvalue weighted by molar-refractivity contribution is 0.692. The van der Waals surface area contributed by atoms with Gasteiger partial charge in [-0.15, -0.1) is 0 Å². The molecule has 0 aromatic carbocycles. The van der Waals surface area contributed by atoms with E-state index in [-0.39, 0.29) is 0 Å². The standard InChI is InChI=1S/C14H21NS/c1-11-5-3-6-13(9-8-11)12(2)14(15)7-4-10-16/h3,5-6,13,15-16H,2,4,7-10H2,1H3. The Morgan fingerprint density at radius 2 is 2.38 bits per heavy atom. The second kappa shape index (κ2) is 6.74. The molecule has 0 radical (unpaired) electrons. The van der Waals surface area contributed by atoms with Crippen molar-refractivity contribution in [1.29, 1.82) is 5.41 Å². The van der Waals surface area contributed by atoms with Gasteiger partial charge in [-0.2, -0.15) is 12.6 Å². The maximum absolute atomic E-state index is 7.97. The minimum Gasteiger partial charge on any atom is -0.305 e. The summed E-state index contributed by atoms with van der Waals surface area (Å²) in [5, 5.41) is 7.97. The van der Waals surface area contributed by atoms with E-state index in [1.165, 1.54) is 5.57 Å². The van der Waals surface area contributed by atoms with Crippen LogP contribution in [0.25, 0.3) is 0 Å². The van der Waals surface area contributed by atoms with Gasteiger partial charge in [0, 0.05) is 11.6 Å². The van der Waals surface area contributed by atoms with Crippen LogP contribution in [0.15, 0.2) is 36.0 Å². The van der Waals surface area contributed by atoms with Crippen molar-refractivity contribution in [2.24, 2.45) is 5.92 Å². The molecule has 0 spiro atoms. The maximum atomic E-state index is 7.97. The van der Waals surface area contributed by atoms with E-state index in [2.05, 4.69) is 44.4 Å². The van der Waals surface area contributed by atoms with Crippen LogP contribution in [-0.4, -0.2) is 11.5 Å². The molecule has 0 bridgehead atoms. The van der Waals surface area contributed by atoms with Crippen LogP contribution in [0.1, 0.15) is 32.6 Å². The molecular weight excluding hydrogens is 214 g/mol. The van der Waals surface area contributed by atoms with Crippen LogP contribution in [0, 0.1) is 11.3 Å². The van der Waals surface area contributed by atoms with Crippen molar-refractivity contribution in [1.82, 2.24) is 0 Å². The minimum absolute atomic E-state index is 0.348. The molecule has 1 aliphatic carbocycles. The molecule has 0 saturated carbocycles. The molecule has 16 heavy (non-hydrogen) atoms. The van der Waals surface area contributed by atoms with Crippen molar-refractivity contribution in [2.75, 3.05) is 5.75 Å². The molecule has 1 unspecified atom stereocenters. The summed E-state index contributed by atoms with van der Waals surface area (Å²) >= 11 is 4.17. The third-order valence-corrected chi connectivity index (χ3v) is 3.31. The summed E-state index contributed by atoms with van der Waals surface area (Å²) in [5.41, 5.74) is 3.10. The molecule has 1 aliphatic rings. The summed E-state index contributed by atoms with van der Waals surface area (Å²) in [6, 6.07) is 0. The quantitative estimate of drug-likeness (QED) is 0.527. The van der Waals surface area contributed by atoms with Crippen LogP contribution in [0.5, 0.6) is 0 Å². The van der Waals surface area contributed by atoms with Crippen LogP contribution in [0.2, 0.25) is 0 Å². The third-order valence-electron chi connectivity index (χ3n) is 2.99. The van der Waals surface area contributed by atoms with Crippen molar-refractivity contribution in [3.63, 3.8) is 0 Å². The fraction of sp³-hybridized carbons (Fsp3) is 0.500. The minimum atomic E-state index is 0.348. The fourth-order valence-electron chi connectivity index (χ4n) is 1.85. The van der Waals surface area contributed by atoms with Gasteiger partial charge in [-0.05, 0) is 43.9 Å². The highest BCUT2D eigenvalue weighted by molar-refractivity contribution is 7.80. The predicted molar refractivity (Wildman–Crippen MR) is 75.6 cm³/mol. The fourth-order valence-corrected chi connectivity index (χ4v) is 2.01. The first-order valence-electron chi connectivity index (χ1n) is 5.86. The Labute approximate surface area is 104 Å². The molecule has 88 valence electrons. The number of hydrogen-bond acceptors (Lipinski definition) is 2. The summed E-state index contributed by atoms with van der Waals surface area (Å²) in [6.07, 6.45) is 10.4. The van der Waals surface area contributed by atoms with Gasteiger partial charge in [-0.1, -0.05) is 30.4 Å². The van der Waals surface area contributed by atoms with E-state index in [1.807, 2.05) is 0 Å². The van der Waals surface area contributed by atoms with E-state index in [0.717, 1.165) is 37.0 Å². The monoisotopic (exact) mass is 235 g/mol. The van der Waals surface area contributed by atoms with Gasteiger partial charge in [0.2, 0.25) is 0 Å². The highest BCUT2D eigenvalue weighted by Crippen LogP contribution is 2.24. The molecule has 1 rings (SSSR count). The van der Waals surface area contributed by atoms with Gasteiger partial charge in [-0.3, -0.25) is 0 Å². The van der Waals surface area contributed by atoms with E-state index in [1.54, 1.807) is 0 Å². The first-order valence-corrected chi connectivity index (χ1v) is 6.49. The van der Waals surface area contributed by atoms with Crippen molar-refractivity contribution in [3.05, 3.63) is 36.0 Å². The zero-order valence-electron chi connectivity index (χ0n) is 10.00. The smallest absolute Gasteiger partial charge is 0.0346 e. The van der Waals surface area contributed by atoms with Gasteiger partial charge in [0.05, 0.1) is 0 Å². The van der Waals surface area contributed by atoms with Crippen LogP contribution >= 0.6 is 12.6 Å². The Morgan fingerprint density at radius 3 is 3.06 bits per heavy atom. The van der Waals surface area contributed by atoms with Crippen LogP contribution in [-0.2, 0) is 0 Å². The molecule has 0 aliphatic heterocycles. The number of rotatable bonds is 5. The van der Waals surface area contributed by atoms with Crippen LogP contribution < -0.4 is 0 Å². The van der Waals surface area contributed by atoms with E-state index < -0.39 is 0 Å². The Hall–Kier alpha value is -0.760. The van der Waals surface area contributed by atoms with Gasteiger partial charge in [0.1, 0.15) is 0 Å². The van der Waals surface area contributed by atoms with Crippen molar-refractivity contribution < 1.29 is 0 Å². The summed E-state index contributed by atoms with van der Waals surface area (Å²) in [6.45, 7) is 6.23. The zero-order valence-corrected chi connectivity index (χ0v) is 10.9. The Bertz CT molecular complexity index is 326. The molecule has 2 heteroatoms. The van der Waals surface area contributed by atoms with Crippen LogP contribution in [0.4, 0.5) is 0 Å². The number of nitrogens with one attached hydrogen (secondary N) is 1. The average Bonchev–Trinajstić information content (AvgIpc) is 2.50. The van der Waals surface area contributed by atoms with Crippen LogP contribution in [0.3, 0.4) is 0 Å². The zero-order chi connectivity index (χ0) is 12.0. The third kappa shape index (κ3) is 4.01. The van der Waals surface area contributed by atoms with Crippen molar-refractivity contribution in [2.45, 2.75) is 32.6 Å². The van der Waals surface area contributed by atoms with E-state index in [0.29, 0.717) is 11.6 Å². The molecule has 0 fully saturated rings. The number of thiol groups is 1. The SMILES string of the molecule is C=C(C(=N)CCCS)C1C=CC=C(C)CC1. The molecule has 1 N–H and O–H groups in total. The Balaban J connectivity index is 2.52. The van der Waals surface area contributed by atoms with Crippen molar-refractivity contribution >= 4 is 18.3 Å². The molecule has 0 aromatic rings. The summed E-state index contributed by atoms with van der Waals surface area (Å²) in [7, 11) is 0. The molecule has 0 saturated heterocycles. The predicted octanol–water partition coefficient (Wildman–Crippen LogP) is 4.18. The van der Waals surface area contributed by atoms with Crippen molar-refractivity contribution in [3.8, 4) is 0 Å². The van der Waals surface area contributed by atoms with Gasteiger partial charge in [0.25, 0.3) is 0 Å². The number of allylic oxidation sites excluding steroid dienone is 5. The normalized spacial score (nSPS) is 20.1. The van der Waals surface area contributed by atoms with Gasteiger partial charge in [0.15, 0.2) is 0 Å². The largest absolute Gasteiger partial charge is 0.305 e. The lowest BCUT2D eigenvalue weighted by Gasteiger charge is -2.15. The lowest BCUT2D eigenvalue weighted by Crippen LogP contribution is -2.10. The number of hydrogen-bond donors (Lipinski definition) is 2. The highest BCUT2D eigenvalue weighted by atomic mass is 32.1. The molecule has 0 heterocycles. The van der Waals surface area contributed by atoms with Gasteiger partial charge in [-0.25, -0.2) is 0 Å². The first kappa shape index (κ1) is 13.3. The van der Waals surface area contributed by atoms with E-state index in [4.69, 9.17) is 5.41 Å². The lowest BCUT2D eigenvalue weighted by atomic mass is 9.90. The summed E-state index contributed by atoms with van der Waals surface area (Å²) in [4.78, 5) is 0. The summed E-state index contributed by atoms with van der Waals surface area (Å²) in [5.74, 6) is 1.19. The summed E-state index contributed by atoms with van der Waals surface area (Å²) < 4.78 is 0. The van der Waals surface area contributed by atoms with Gasteiger partial charge < -0.3 is 5.41 Å². The van der Waals surface area contributed by atoms with E-state index in [9.17, 15) is 0 Å².